The molecule has 0 radical (unpaired) electrons. The highest BCUT2D eigenvalue weighted by Gasteiger charge is 2.88. The van der Waals surface area contributed by atoms with Gasteiger partial charge in [0.2, 0.25) is 0 Å². The second-order valence-electron chi connectivity index (χ2n) is 5.54. The number of halogens is 6. The number of hydrogen-bond acceptors (Lipinski definition) is 2. The molecule has 1 aromatic carbocycles. The van der Waals surface area contributed by atoms with Gasteiger partial charge in [-0.05, 0) is 11.6 Å². The van der Waals surface area contributed by atoms with E-state index in [0.29, 0.717) is 0 Å². The summed E-state index contributed by atoms with van der Waals surface area (Å²) < 4.78 is 86.5. The van der Waals surface area contributed by atoms with Crippen LogP contribution in [0.5, 0.6) is 0 Å². The van der Waals surface area contributed by atoms with E-state index in [1.165, 1.54) is 0 Å². The maximum Gasteiger partial charge on any atom is 0.431 e. The first-order valence-electron chi connectivity index (χ1n) is 6.76. The average molecular weight is 354 g/mol. The molecule has 2 bridgehead atoms. The smallest absolute Gasteiger partial charge is 0.352 e. The topological polar surface area (TPSA) is 9.23 Å². The van der Waals surface area contributed by atoms with Crippen LogP contribution in [0.15, 0.2) is 42.5 Å². The van der Waals surface area contributed by atoms with Gasteiger partial charge in [0.1, 0.15) is 11.7 Å². The highest BCUT2D eigenvalue weighted by atomic mass is 32.2. The third kappa shape index (κ3) is 2.21. The Bertz CT molecular complexity index is 616. The van der Waals surface area contributed by atoms with Gasteiger partial charge in [-0.3, -0.25) is 0 Å². The number of benzene rings is 1. The van der Waals surface area contributed by atoms with Crippen LogP contribution in [0.25, 0.3) is 0 Å². The molecule has 1 fully saturated rings. The van der Waals surface area contributed by atoms with Crippen LogP contribution in [0.2, 0.25) is 0 Å². The van der Waals surface area contributed by atoms with Gasteiger partial charge in [-0.25, -0.2) is 4.39 Å². The van der Waals surface area contributed by atoms with Crippen molar-refractivity contribution in [3.8, 4) is 0 Å². The Morgan fingerprint density at radius 3 is 2.35 bits per heavy atom. The van der Waals surface area contributed by atoms with E-state index in [9.17, 15) is 26.3 Å². The van der Waals surface area contributed by atoms with Gasteiger partial charge < -0.3 is 4.74 Å². The monoisotopic (exact) mass is 354 g/mol. The molecule has 0 spiro atoms. The van der Waals surface area contributed by atoms with Gasteiger partial charge in [0, 0.05) is 11.5 Å². The molecule has 0 aromatic heterocycles. The normalized spacial score (nSPS) is 35.0. The highest BCUT2D eigenvalue weighted by molar-refractivity contribution is 7.98. The zero-order valence-corrected chi connectivity index (χ0v) is 12.4. The lowest BCUT2D eigenvalue weighted by molar-refractivity contribution is -0.306. The highest BCUT2D eigenvalue weighted by Crippen LogP contribution is 2.63. The van der Waals surface area contributed by atoms with Crippen LogP contribution in [0.4, 0.5) is 26.3 Å². The molecule has 1 unspecified atom stereocenters. The quantitative estimate of drug-likeness (QED) is 0.580. The van der Waals surface area contributed by atoms with Crippen molar-refractivity contribution in [1.29, 1.82) is 0 Å². The Balaban J connectivity index is 1.83. The molecular formula is C15H12F6OS. The number of alkyl halides is 6. The SMILES string of the molecule is FC(F)(F)C1(F)C(F)(F)[C@@H]2C=C[C@@]1(CSCc1ccccc1)O2. The zero-order valence-electron chi connectivity index (χ0n) is 11.6. The third-order valence-corrected chi connectivity index (χ3v) is 5.27. The summed E-state index contributed by atoms with van der Waals surface area (Å²) in [5.41, 5.74) is -6.62. The molecule has 0 aliphatic carbocycles. The van der Waals surface area contributed by atoms with Crippen molar-refractivity contribution < 1.29 is 31.1 Å². The molecule has 126 valence electrons. The number of hydrogen-bond donors (Lipinski definition) is 0. The zero-order chi connectivity index (χ0) is 16.9. The number of fused-ring (bicyclic) bond motifs is 2. The van der Waals surface area contributed by atoms with Crippen LogP contribution >= 0.6 is 11.8 Å². The minimum atomic E-state index is -5.73. The summed E-state index contributed by atoms with van der Waals surface area (Å²) >= 11 is 0.923. The van der Waals surface area contributed by atoms with Gasteiger partial charge in [-0.2, -0.15) is 33.7 Å². The van der Waals surface area contributed by atoms with E-state index in [0.717, 1.165) is 29.5 Å². The molecule has 1 aromatic rings. The van der Waals surface area contributed by atoms with Crippen molar-refractivity contribution in [1.82, 2.24) is 0 Å². The first-order valence-corrected chi connectivity index (χ1v) is 7.92. The molecule has 0 saturated carbocycles. The molecule has 2 heterocycles. The first-order chi connectivity index (χ1) is 10.6. The summed E-state index contributed by atoms with van der Waals surface area (Å²) in [5, 5.41) is 0. The standard InChI is InChI=1S/C15H12F6OS/c16-13(17)11-6-7-12(22-11,14(13,18)15(19,20)21)9-23-8-10-4-2-1-3-5-10/h1-7,11H,8-9H2/t11-,12-,14?/m0/s1. The lowest BCUT2D eigenvalue weighted by atomic mass is 9.77. The fraction of sp³-hybridized carbons (Fsp3) is 0.467. The van der Waals surface area contributed by atoms with E-state index in [-0.39, 0.29) is 5.75 Å². The van der Waals surface area contributed by atoms with Crippen LogP contribution in [0, 0.1) is 0 Å². The Morgan fingerprint density at radius 1 is 1.09 bits per heavy atom. The molecule has 3 rings (SSSR count). The van der Waals surface area contributed by atoms with Gasteiger partial charge in [0.15, 0.2) is 0 Å². The van der Waals surface area contributed by atoms with Gasteiger partial charge in [0.05, 0.1) is 0 Å². The molecule has 3 atom stereocenters. The van der Waals surface area contributed by atoms with Gasteiger partial charge in [-0.1, -0.05) is 36.4 Å². The molecule has 1 nitrogen and oxygen atoms in total. The Kier molecular flexibility index (Phi) is 3.76. The second-order valence-corrected chi connectivity index (χ2v) is 6.53. The molecule has 23 heavy (non-hydrogen) atoms. The fourth-order valence-corrected chi connectivity index (χ4v) is 4.12. The van der Waals surface area contributed by atoms with Crippen LogP contribution in [-0.4, -0.2) is 35.2 Å². The largest absolute Gasteiger partial charge is 0.431 e. The van der Waals surface area contributed by atoms with Crippen molar-refractivity contribution in [2.45, 2.75) is 35.2 Å². The Morgan fingerprint density at radius 2 is 1.74 bits per heavy atom. The molecule has 8 heteroatoms. The van der Waals surface area contributed by atoms with E-state index >= 15 is 0 Å². The van der Waals surface area contributed by atoms with Crippen LogP contribution in [0.1, 0.15) is 5.56 Å². The van der Waals surface area contributed by atoms with E-state index < -0.39 is 35.2 Å². The Hall–Kier alpha value is -1.15. The molecule has 0 N–H and O–H groups in total. The molecule has 2 aliphatic heterocycles. The first kappa shape index (κ1) is 16.7. The predicted molar refractivity (Wildman–Crippen MR) is 74.2 cm³/mol. The lowest BCUT2D eigenvalue weighted by Crippen LogP contribution is -2.66. The maximum atomic E-state index is 14.6. The molecule has 1 saturated heterocycles. The number of rotatable bonds is 4. The molecular weight excluding hydrogens is 342 g/mol. The number of ether oxygens (including phenoxy) is 1. The van der Waals surface area contributed by atoms with E-state index in [4.69, 9.17) is 4.74 Å². The minimum absolute atomic E-state index is 0.268. The van der Waals surface area contributed by atoms with Crippen molar-refractivity contribution in [2.24, 2.45) is 0 Å². The summed E-state index contributed by atoms with van der Waals surface area (Å²) in [6, 6.07) is 8.75. The molecule has 2 aliphatic rings. The van der Waals surface area contributed by atoms with Gasteiger partial charge in [0.25, 0.3) is 0 Å². The summed E-state index contributed by atoms with van der Waals surface area (Å²) in [5.74, 6) is -4.93. The van der Waals surface area contributed by atoms with E-state index in [1.54, 1.807) is 30.3 Å². The van der Waals surface area contributed by atoms with Crippen LogP contribution < -0.4 is 0 Å². The minimum Gasteiger partial charge on any atom is -0.352 e. The van der Waals surface area contributed by atoms with Crippen molar-refractivity contribution in [3.63, 3.8) is 0 Å². The summed E-state index contributed by atoms with van der Waals surface area (Å²) in [7, 11) is 0. The fourth-order valence-electron chi connectivity index (χ4n) is 2.92. The van der Waals surface area contributed by atoms with Gasteiger partial charge >= 0.3 is 17.8 Å². The van der Waals surface area contributed by atoms with Crippen molar-refractivity contribution >= 4 is 11.8 Å². The summed E-state index contributed by atoms with van der Waals surface area (Å²) in [4.78, 5) is 0. The van der Waals surface area contributed by atoms with Crippen molar-refractivity contribution in [3.05, 3.63) is 48.0 Å². The second kappa shape index (κ2) is 5.17. The maximum absolute atomic E-state index is 14.6. The number of thioether (sulfide) groups is 1. The summed E-state index contributed by atoms with van der Waals surface area (Å²) in [6.07, 6.45) is -6.32. The van der Waals surface area contributed by atoms with Crippen LogP contribution in [0.3, 0.4) is 0 Å². The average Bonchev–Trinajstić information content (AvgIpc) is 2.98. The van der Waals surface area contributed by atoms with Crippen LogP contribution in [-0.2, 0) is 10.5 Å². The summed E-state index contributed by atoms with van der Waals surface area (Å²) in [6.45, 7) is 0. The molecule has 0 amide bonds. The Labute approximate surface area is 132 Å². The van der Waals surface area contributed by atoms with E-state index in [1.807, 2.05) is 0 Å². The van der Waals surface area contributed by atoms with E-state index in [2.05, 4.69) is 0 Å². The third-order valence-electron chi connectivity index (χ3n) is 4.10. The van der Waals surface area contributed by atoms with Crippen molar-refractivity contribution in [2.75, 3.05) is 5.75 Å². The van der Waals surface area contributed by atoms with Gasteiger partial charge in [-0.15, -0.1) is 0 Å². The lowest BCUT2D eigenvalue weighted by Gasteiger charge is -2.40. The predicted octanol–water partition coefficient (Wildman–Crippen LogP) is 4.53.